The zero-order chi connectivity index (χ0) is 40.5. The Labute approximate surface area is 344 Å². The van der Waals surface area contributed by atoms with Crippen LogP contribution in [0.15, 0.2) is 0 Å². The highest BCUT2D eigenvalue weighted by Crippen LogP contribution is 2.32. The van der Waals surface area contributed by atoms with Crippen LogP contribution in [0.25, 0.3) is 0 Å². The van der Waals surface area contributed by atoms with Gasteiger partial charge in [-0.15, -0.1) is 0 Å². The predicted molar refractivity (Wildman–Crippen MR) is 215 cm³/mol. The molecule has 0 aliphatic carbocycles. The van der Waals surface area contributed by atoms with E-state index in [1.165, 1.54) is 12.8 Å². The van der Waals surface area contributed by atoms with Gasteiger partial charge in [0, 0.05) is 37.3 Å². The predicted octanol–water partition coefficient (Wildman–Crippen LogP) is 4.40. The van der Waals surface area contributed by atoms with Crippen LogP contribution in [0.1, 0.15) is 65.2 Å². The highest BCUT2D eigenvalue weighted by molar-refractivity contribution is 4.84. The minimum atomic E-state index is 0.265. The van der Waals surface area contributed by atoms with Crippen LogP contribution >= 0.6 is 0 Å². The summed E-state index contributed by atoms with van der Waals surface area (Å²) in [4.78, 5) is 0. The molecule has 15 heteroatoms. The van der Waals surface area contributed by atoms with E-state index in [1.54, 1.807) is 0 Å². The molecule has 0 aromatic rings. The smallest absolute Gasteiger partial charge is 0.0701 e. The molecule has 0 aromatic carbocycles. The van der Waals surface area contributed by atoms with Crippen molar-refractivity contribution in [2.24, 2.45) is 10.8 Å². The van der Waals surface area contributed by atoms with E-state index in [2.05, 4.69) is 13.8 Å². The van der Waals surface area contributed by atoms with Crippen LogP contribution < -0.4 is 0 Å². The molecule has 0 amide bonds. The molecule has 0 saturated carbocycles. The van der Waals surface area contributed by atoms with E-state index in [0.717, 1.165) is 105 Å². The third-order valence-corrected chi connectivity index (χ3v) is 9.82. The normalized spacial score (nSPS) is 15.9. The standard InChI is InChI=1S/C42H82O15/c1-3-41(37-56-38-41)35-54-13-8-6-5-7-11-43-15-17-45-19-21-47-23-25-49-27-29-51-31-33-53-34-32-52-30-28-50-26-24-48-22-20-46-18-16-44-12-9-10-14-55-36-42(4-2)39-57-40-42/h3-40H2,1-2H3. The highest BCUT2D eigenvalue weighted by Gasteiger charge is 2.37. The molecule has 0 unspecified atom stereocenters. The average Bonchev–Trinajstić information content (AvgIpc) is 3.19. The lowest BCUT2D eigenvalue weighted by Gasteiger charge is -2.40. The summed E-state index contributed by atoms with van der Waals surface area (Å²) in [5.74, 6) is 0. The molecule has 0 radical (unpaired) electrons. The van der Waals surface area contributed by atoms with Crippen LogP contribution in [0.2, 0.25) is 0 Å². The average molecular weight is 827 g/mol. The fourth-order valence-electron chi connectivity index (χ4n) is 5.61. The molecule has 0 aromatic heterocycles. The van der Waals surface area contributed by atoms with E-state index in [0.29, 0.717) is 132 Å². The van der Waals surface area contributed by atoms with Crippen molar-refractivity contribution in [1.29, 1.82) is 0 Å². The summed E-state index contributed by atoms with van der Waals surface area (Å²) in [5.41, 5.74) is 0.551. The molecule has 15 nitrogen and oxygen atoms in total. The molecule has 2 saturated heterocycles. The molecule has 0 bridgehead atoms. The fourth-order valence-corrected chi connectivity index (χ4v) is 5.61. The third-order valence-electron chi connectivity index (χ3n) is 9.82. The van der Waals surface area contributed by atoms with E-state index >= 15 is 0 Å². The van der Waals surface area contributed by atoms with Gasteiger partial charge in [-0.2, -0.15) is 0 Å². The third kappa shape index (κ3) is 31.0. The number of hydrogen-bond donors (Lipinski definition) is 0. The molecule has 57 heavy (non-hydrogen) atoms. The van der Waals surface area contributed by atoms with Gasteiger partial charge in [-0.25, -0.2) is 0 Å². The van der Waals surface area contributed by atoms with Crippen molar-refractivity contribution in [2.45, 2.75) is 65.2 Å². The fraction of sp³-hybridized carbons (Fsp3) is 1.00. The Morgan fingerprint density at radius 2 is 0.456 bits per heavy atom. The van der Waals surface area contributed by atoms with Crippen LogP contribution in [0, 0.1) is 10.8 Å². The molecule has 2 rings (SSSR count). The molecular formula is C42H82O15. The van der Waals surface area contributed by atoms with Gasteiger partial charge in [-0.1, -0.05) is 26.7 Å². The molecule has 0 atom stereocenters. The van der Waals surface area contributed by atoms with Gasteiger partial charge in [0.2, 0.25) is 0 Å². The molecule has 2 aliphatic rings. The first-order chi connectivity index (χ1) is 28.2. The molecular weight excluding hydrogens is 744 g/mol. The summed E-state index contributed by atoms with van der Waals surface area (Å²) in [6.45, 7) is 23.3. The second-order valence-corrected chi connectivity index (χ2v) is 14.7. The number of unbranched alkanes of at least 4 members (excludes halogenated alkanes) is 4. The van der Waals surface area contributed by atoms with Crippen molar-refractivity contribution in [3.05, 3.63) is 0 Å². The Kier molecular flexibility index (Phi) is 36.4. The van der Waals surface area contributed by atoms with Crippen molar-refractivity contribution in [3.63, 3.8) is 0 Å². The van der Waals surface area contributed by atoms with Gasteiger partial charge in [0.1, 0.15) is 0 Å². The lowest BCUT2D eigenvalue weighted by molar-refractivity contribution is -0.150. The Balaban J connectivity index is 1.11. The molecule has 2 aliphatic heterocycles. The van der Waals surface area contributed by atoms with Gasteiger partial charge in [-0.05, 0) is 38.5 Å². The molecule has 340 valence electrons. The van der Waals surface area contributed by atoms with E-state index in [1.807, 2.05) is 0 Å². The summed E-state index contributed by atoms with van der Waals surface area (Å²) in [5, 5.41) is 0. The largest absolute Gasteiger partial charge is 0.381 e. The first-order valence-corrected chi connectivity index (χ1v) is 21.9. The van der Waals surface area contributed by atoms with Crippen molar-refractivity contribution in [3.8, 4) is 0 Å². The summed E-state index contributed by atoms with van der Waals surface area (Å²) >= 11 is 0. The Morgan fingerprint density at radius 1 is 0.263 bits per heavy atom. The van der Waals surface area contributed by atoms with Crippen LogP contribution in [0.4, 0.5) is 0 Å². The van der Waals surface area contributed by atoms with Crippen molar-refractivity contribution in [2.75, 3.05) is 198 Å². The minimum absolute atomic E-state index is 0.265. The molecule has 2 fully saturated rings. The van der Waals surface area contributed by atoms with Crippen LogP contribution in [-0.2, 0) is 71.1 Å². The SMILES string of the molecule is CCC1(COCCCCCCOCCOCCOCCOCCOCCOCCOCCOCCOCCOCCOCCCCOCC2(CC)COC2)COC1. The maximum Gasteiger partial charge on any atom is 0.0701 e. The van der Waals surface area contributed by atoms with Gasteiger partial charge in [0.05, 0.1) is 172 Å². The van der Waals surface area contributed by atoms with Gasteiger partial charge < -0.3 is 71.1 Å². The maximum absolute atomic E-state index is 5.85. The lowest BCUT2D eigenvalue weighted by Crippen LogP contribution is -2.45. The first kappa shape index (κ1) is 52.5. The number of hydrogen-bond acceptors (Lipinski definition) is 15. The van der Waals surface area contributed by atoms with E-state index in [9.17, 15) is 0 Å². The first-order valence-electron chi connectivity index (χ1n) is 21.9. The van der Waals surface area contributed by atoms with E-state index in [4.69, 9.17) is 71.1 Å². The Bertz CT molecular complexity index is 743. The number of ether oxygens (including phenoxy) is 15. The van der Waals surface area contributed by atoms with Gasteiger partial charge >= 0.3 is 0 Å². The summed E-state index contributed by atoms with van der Waals surface area (Å²) < 4.78 is 83.3. The summed E-state index contributed by atoms with van der Waals surface area (Å²) in [7, 11) is 0. The van der Waals surface area contributed by atoms with E-state index in [-0.39, 0.29) is 10.8 Å². The van der Waals surface area contributed by atoms with Gasteiger partial charge in [0.25, 0.3) is 0 Å². The second kappa shape index (κ2) is 39.5. The molecule has 0 N–H and O–H groups in total. The quantitative estimate of drug-likeness (QED) is 0.0802. The highest BCUT2D eigenvalue weighted by atomic mass is 16.6. The van der Waals surface area contributed by atoms with Gasteiger partial charge in [0.15, 0.2) is 0 Å². The minimum Gasteiger partial charge on any atom is -0.381 e. The zero-order valence-electron chi connectivity index (χ0n) is 36.0. The second-order valence-electron chi connectivity index (χ2n) is 14.7. The Hall–Kier alpha value is -0.600. The van der Waals surface area contributed by atoms with Crippen molar-refractivity contribution >= 4 is 0 Å². The summed E-state index contributed by atoms with van der Waals surface area (Å²) in [6, 6.07) is 0. The topological polar surface area (TPSA) is 138 Å². The van der Waals surface area contributed by atoms with Crippen LogP contribution in [0.5, 0.6) is 0 Å². The van der Waals surface area contributed by atoms with Crippen molar-refractivity contribution < 1.29 is 71.1 Å². The van der Waals surface area contributed by atoms with E-state index < -0.39 is 0 Å². The van der Waals surface area contributed by atoms with Gasteiger partial charge in [-0.3, -0.25) is 0 Å². The van der Waals surface area contributed by atoms with Crippen LogP contribution in [0.3, 0.4) is 0 Å². The monoisotopic (exact) mass is 827 g/mol. The Morgan fingerprint density at radius 3 is 0.649 bits per heavy atom. The molecule has 2 heterocycles. The lowest BCUT2D eigenvalue weighted by atomic mass is 9.84. The zero-order valence-corrected chi connectivity index (χ0v) is 36.0. The maximum atomic E-state index is 5.85. The van der Waals surface area contributed by atoms with Crippen molar-refractivity contribution in [1.82, 2.24) is 0 Å². The summed E-state index contributed by atoms with van der Waals surface area (Å²) in [6.07, 6.45) is 8.78. The molecule has 0 spiro atoms. The van der Waals surface area contributed by atoms with Crippen LogP contribution in [-0.4, -0.2) is 198 Å². The number of rotatable bonds is 48.